The summed E-state index contributed by atoms with van der Waals surface area (Å²) in [6.07, 6.45) is 5.77. The predicted molar refractivity (Wildman–Crippen MR) is 48.2 cm³/mol. The fourth-order valence-corrected chi connectivity index (χ4v) is 0.637. The number of rotatable bonds is 6. The molecule has 0 fully saturated rings. The summed E-state index contributed by atoms with van der Waals surface area (Å²) in [6.45, 7) is 6.49. The maximum atomic E-state index is 5.35. The Morgan fingerprint density at radius 3 is 2.82 bits per heavy atom. The SMILES string of the molecule is C=C/C=C(\NC)OCCCC. The van der Waals surface area contributed by atoms with Gasteiger partial charge in [0.05, 0.1) is 6.61 Å². The fourth-order valence-electron chi connectivity index (χ4n) is 0.637. The summed E-state index contributed by atoms with van der Waals surface area (Å²) in [5.74, 6) is 0.786. The van der Waals surface area contributed by atoms with Crippen molar-refractivity contribution in [2.45, 2.75) is 19.8 Å². The van der Waals surface area contributed by atoms with Crippen LogP contribution in [0, 0.1) is 0 Å². The molecule has 0 bridgehead atoms. The predicted octanol–water partition coefficient (Wildman–Crippen LogP) is 2.05. The summed E-state index contributed by atoms with van der Waals surface area (Å²) >= 11 is 0. The minimum atomic E-state index is 0.775. The number of allylic oxidation sites excluding steroid dienone is 2. The smallest absolute Gasteiger partial charge is 0.186 e. The number of hydrogen-bond acceptors (Lipinski definition) is 2. The van der Waals surface area contributed by atoms with Crippen LogP contribution in [0.5, 0.6) is 0 Å². The Balaban J connectivity index is 3.52. The van der Waals surface area contributed by atoms with Gasteiger partial charge in [-0.25, -0.2) is 0 Å². The van der Waals surface area contributed by atoms with Crippen LogP contribution < -0.4 is 5.32 Å². The minimum Gasteiger partial charge on any atom is -0.479 e. The Morgan fingerprint density at radius 2 is 2.36 bits per heavy atom. The highest BCUT2D eigenvalue weighted by Crippen LogP contribution is 1.95. The summed E-state index contributed by atoms with van der Waals surface area (Å²) in [5.41, 5.74) is 0. The molecule has 0 aromatic heterocycles. The second-order valence-corrected chi connectivity index (χ2v) is 2.22. The minimum absolute atomic E-state index is 0.775. The zero-order valence-corrected chi connectivity index (χ0v) is 7.39. The molecule has 0 aromatic rings. The van der Waals surface area contributed by atoms with Crippen molar-refractivity contribution in [2.75, 3.05) is 13.7 Å². The average Bonchev–Trinajstić information content (AvgIpc) is 2.03. The molecule has 64 valence electrons. The molecular formula is C9H17NO. The highest BCUT2D eigenvalue weighted by atomic mass is 16.5. The van der Waals surface area contributed by atoms with Gasteiger partial charge < -0.3 is 10.1 Å². The Labute approximate surface area is 68.9 Å². The van der Waals surface area contributed by atoms with Crippen molar-refractivity contribution in [1.29, 1.82) is 0 Å². The molecule has 0 radical (unpaired) electrons. The standard InChI is InChI=1S/C9H17NO/c1-4-6-8-11-9(10-3)7-5-2/h5,7,10H,2,4,6,8H2,1,3H3/b9-7+. The van der Waals surface area contributed by atoms with Gasteiger partial charge in [0.2, 0.25) is 0 Å². The first-order chi connectivity index (χ1) is 5.35. The molecule has 1 N–H and O–H groups in total. The third kappa shape index (κ3) is 5.52. The van der Waals surface area contributed by atoms with E-state index in [-0.39, 0.29) is 0 Å². The van der Waals surface area contributed by atoms with Crippen molar-refractivity contribution >= 4 is 0 Å². The van der Waals surface area contributed by atoms with Gasteiger partial charge in [-0.2, -0.15) is 0 Å². The van der Waals surface area contributed by atoms with Crippen LogP contribution in [-0.2, 0) is 4.74 Å². The van der Waals surface area contributed by atoms with Crippen LogP contribution >= 0.6 is 0 Å². The van der Waals surface area contributed by atoms with Crippen molar-refractivity contribution < 1.29 is 4.74 Å². The van der Waals surface area contributed by atoms with Crippen molar-refractivity contribution in [3.05, 3.63) is 24.6 Å². The van der Waals surface area contributed by atoms with Gasteiger partial charge in [0.15, 0.2) is 5.88 Å². The van der Waals surface area contributed by atoms with E-state index in [1.807, 2.05) is 13.1 Å². The molecule has 2 nitrogen and oxygen atoms in total. The van der Waals surface area contributed by atoms with Crippen LogP contribution in [0.1, 0.15) is 19.8 Å². The molecule has 11 heavy (non-hydrogen) atoms. The second kappa shape index (κ2) is 7.19. The Hall–Kier alpha value is -0.920. The van der Waals surface area contributed by atoms with E-state index in [1.165, 1.54) is 0 Å². The van der Waals surface area contributed by atoms with Crippen LogP contribution in [-0.4, -0.2) is 13.7 Å². The van der Waals surface area contributed by atoms with Crippen molar-refractivity contribution in [1.82, 2.24) is 5.32 Å². The van der Waals surface area contributed by atoms with E-state index in [2.05, 4.69) is 18.8 Å². The zero-order valence-electron chi connectivity index (χ0n) is 7.39. The van der Waals surface area contributed by atoms with Gasteiger partial charge in [0, 0.05) is 7.05 Å². The monoisotopic (exact) mass is 155 g/mol. The Bertz CT molecular complexity index is 130. The Kier molecular flexibility index (Phi) is 6.59. The molecule has 0 saturated carbocycles. The third-order valence-corrected chi connectivity index (χ3v) is 1.27. The number of nitrogens with one attached hydrogen (secondary N) is 1. The summed E-state index contributed by atoms with van der Waals surface area (Å²) in [5, 5.41) is 2.93. The van der Waals surface area contributed by atoms with Crippen molar-refractivity contribution in [3.8, 4) is 0 Å². The molecule has 0 unspecified atom stereocenters. The average molecular weight is 155 g/mol. The van der Waals surface area contributed by atoms with Crippen LogP contribution in [0.3, 0.4) is 0 Å². The molecule has 0 atom stereocenters. The lowest BCUT2D eigenvalue weighted by Gasteiger charge is -2.07. The largest absolute Gasteiger partial charge is 0.479 e. The van der Waals surface area contributed by atoms with Gasteiger partial charge >= 0.3 is 0 Å². The normalized spacial score (nSPS) is 10.9. The van der Waals surface area contributed by atoms with E-state index in [0.29, 0.717) is 0 Å². The third-order valence-electron chi connectivity index (χ3n) is 1.27. The van der Waals surface area contributed by atoms with Gasteiger partial charge in [-0.05, 0) is 12.5 Å². The maximum Gasteiger partial charge on any atom is 0.186 e. The summed E-state index contributed by atoms with van der Waals surface area (Å²) < 4.78 is 5.35. The van der Waals surface area contributed by atoms with Crippen molar-refractivity contribution in [3.63, 3.8) is 0 Å². The van der Waals surface area contributed by atoms with E-state index in [9.17, 15) is 0 Å². The first kappa shape index (κ1) is 10.1. The van der Waals surface area contributed by atoms with E-state index < -0.39 is 0 Å². The molecule has 0 aromatic carbocycles. The lowest BCUT2D eigenvalue weighted by atomic mass is 10.4. The molecule has 0 aliphatic heterocycles. The first-order valence-corrected chi connectivity index (χ1v) is 3.98. The van der Waals surface area contributed by atoms with Gasteiger partial charge in [0.1, 0.15) is 0 Å². The number of hydrogen-bond donors (Lipinski definition) is 1. The molecule has 0 heterocycles. The summed E-state index contributed by atoms with van der Waals surface area (Å²) in [7, 11) is 1.83. The topological polar surface area (TPSA) is 21.3 Å². The van der Waals surface area contributed by atoms with E-state index >= 15 is 0 Å². The highest BCUT2D eigenvalue weighted by Gasteiger charge is 1.90. The lowest BCUT2D eigenvalue weighted by molar-refractivity contribution is 0.191. The molecule has 0 aliphatic rings. The zero-order chi connectivity index (χ0) is 8.53. The molecule has 2 heteroatoms. The summed E-state index contributed by atoms with van der Waals surface area (Å²) in [4.78, 5) is 0. The molecule has 0 aliphatic carbocycles. The summed E-state index contributed by atoms with van der Waals surface area (Å²) in [6, 6.07) is 0. The molecule has 0 rings (SSSR count). The number of ether oxygens (including phenoxy) is 1. The van der Waals surface area contributed by atoms with Crippen LogP contribution in [0.25, 0.3) is 0 Å². The maximum absolute atomic E-state index is 5.35. The van der Waals surface area contributed by atoms with E-state index in [1.54, 1.807) is 6.08 Å². The van der Waals surface area contributed by atoms with Crippen molar-refractivity contribution in [2.24, 2.45) is 0 Å². The van der Waals surface area contributed by atoms with Crippen LogP contribution in [0.4, 0.5) is 0 Å². The van der Waals surface area contributed by atoms with Crippen LogP contribution in [0.2, 0.25) is 0 Å². The molecule has 0 saturated heterocycles. The quantitative estimate of drug-likeness (QED) is 0.360. The first-order valence-electron chi connectivity index (χ1n) is 3.98. The second-order valence-electron chi connectivity index (χ2n) is 2.22. The van der Waals surface area contributed by atoms with Gasteiger partial charge in [0.25, 0.3) is 0 Å². The Morgan fingerprint density at radius 1 is 1.64 bits per heavy atom. The van der Waals surface area contributed by atoms with Gasteiger partial charge in [-0.3, -0.25) is 0 Å². The number of unbranched alkanes of at least 4 members (excludes halogenated alkanes) is 1. The van der Waals surface area contributed by atoms with Gasteiger partial charge in [-0.1, -0.05) is 26.0 Å². The van der Waals surface area contributed by atoms with Gasteiger partial charge in [-0.15, -0.1) is 0 Å². The highest BCUT2D eigenvalue weighted by molar-refractivity contribution is 5.01. The van der Waals surface area contributed by atoms with E-state index in [0.717, 1.165) is 25.3 Å². The lowest BCUT2D eigenvalue weighted by Crippen LogP contribution is -2.09. The molecule has 0 amide bonds. The molecule has 0 spiro atoms. The fraction of sp³-hybridized carbons (Fsp3) is 0.556. The molecular weight excluding hydrogens is 138 g/mol. The van der Waals surface area contributed by atoms with Crippen LogP contribution in [0.15, 0.2) is 24.6 Å². The van der Waals surface area contributed by atoms with E-state index in [4.69, 9.17) is 4.74 Å².